The molecule has 20 heavy (non-hydrogen) atoms. The number of hydrogen-bond donors (Lipinski definition) is 1. The normalized spacial score (nSPS) is 11.2. The molecule has 0 aliphatic rings. The SMILES string of the molecule is C/C(=N/NC(=O)COc1ccccc1Cl)c1cccs1. The van der Waals surface area contributed by atoms with Gasteiger partial charge in [0.1, 0.15) is 5.75 Å². The number of ether oxygens (including phenoxy) is 1. The minimum Gasteiger partial charge on any atom is -0.482 e. The molecule has 4 nitrogen and oxygen atoms in total. The van der Waals surface area contributed by atoms with Crippen LogP contribution < -0.4 is 10.2 Å². The largest absolute Gasteiger partial charge is 0.482 e. The van der Waals surface area contributed by atoms with Gasteiger partial charge in [-0.15, -0.1) is 11.3 Å². The first kappa shape index (κ1) is 14.6. The number of thiophene rings is 1. The summed E-state index contributed by atoms with van der Waals surface area (Å²) >= 11 is 7.48. The Bertz CT molecular complexity index is 611. The lowest BCUT2D eigenvalue weighted by Gasteiger charge is -2.06. The Labute approximate surface area is 126 Å². The summed E-state index contributed by atoms with van der Waals surface area (Å²) in [6.07, 6.45) is 0. The predicted molar refractivity (Wildman–Crippen MR) is 81.6 cm³/mol. The first-order valence-electron chi connectivity index (χ1n) is 5.91. The summed E-state index contributed by atoms with van der Waals surface area (Å²) in [7, 11) is 0. The molecule has 1 heterocycles. The zero-order valence-electron chi connectivity index (χ0n) is 10.8. The second-order valence-electron chi connectivity index (χ2n) is 3.93. The number of carbonyl (C=O) groups excluding carboxylic acids is 1. The van der Waals surface area contributed by atoms with E-state index in [9.17, 15) is 4.79 Å². The highest BCUT2D eigenvalue weighted by Gasteiger charge is 2.05. The van der Waals surface area contributed by atoms with Crippen LogP contribution in [0.4, 0.5) is 0 Å². The van der Waals surface area contributed by atoms with Crippen LogP contribution >= 0.6 is 22.9 Å². The summed E-state index contributed by atoms with van der Waals surface area (Å²) in [5.74, 6) is 0.143. The standard InChI is InChI=1S/C14H13ClN2O2S/c1-10(13-7-4-8-20-13)16-17-14(18)9-19-12-6-3-2-5-11(12)15/h2-8H,9H2,1H3,(H,17,18)/b16-10-. The fraction of sp³-hybridized carbons (Fsp3) is 0.143. The zero-order chi connectivity index (χ0) is 14.4. The van der Waals surface area contributed by atoms with Gasteiger partial charge in [-0.1, -0.05) is 29.8 Å². The topological polar surface area (TPSA) is 50.7 Å². The summed E-state index contributed by atoms with van der Waals surface area (Å²) in [6, 6.07) is 10.9. The van der Waals surface area contributed by atoms with Gasteiger partial charge in [0.25, 0.3) is 5.91 Å². The van der Waals surface area contributed by atoms with Crippen LogP contribution in [0.2, 0.25) is 5.02 Å². The van der Waals surface area contributed by atoms with E-state index in [-0.39, 0.29) is 12.5 Å². The lowest BCUT2D eigenvalue weighted by Crippen LogP contribution is -2.25. The first-order chi connectivity index (χ1) is 9.66. The molecule has 0 saturated heterocycles. The van der Waals surface area contributed by atoms with Crippen LogP contribution in [0, 0.1) is 0 Å². The van der Waals surface area contributed by atoms with Crippen LogP contribution in [-0.2, 0) is 4.79 Å². The zero-order valence-corrected chi connectivity index (χ0v) is 12.4. The molecule has 0 aliphatic carbocycles. The maximum Gasteiger partial charge on any atom is 0.277 e. The van der Waals surface area contributed by atoms with Crippen molar-refractivity contribution in [1.82, 2.24) is 5.43 Å². The van der Waals surface area contributed by atoms with Crippen LogP contribution in [0.1, 0.15) is 11.8 Å². The van der Waals surface area contributed by atoms with Gasteiger partial charge >= 0.3 is 0 Å². The molecule has 1 amide bonds. The van der Waals surface area contributed by atoms with Gasteiger partial charge in [-0.25, -0.2) is 5.43 Å². The summed E-state index contributed by atoms with van der Waals surface area (Å²) in [6.45, 7) is 1.70. The minimum absolute atomic E-state index is 0.134. The van der Waals surface area contributed by atoms with Gasteiger partial charge in [0.05, 0.1) is 10.7 Å². The third-order valence-corrected chi connectivity index (χ3v) is 3.71. The predicted octanol–water partition coefficient (Wildman–Crippen LogP) is 3.32. The van der Waals surface area contributed by atoms with E-state index in [0.717, 1.165) is 10.6 Å². The smallest absolute Gasteiger partial charge is 0.277 e. The van der Waals surface area contributed by atoms with E-state index in [1.165, 1.54) is 0 Å². The Morgan fingerprint density at radius 3 is 2.85 bits per heavy atom. The quantitative estimate of drug-likeness (QED) is 0.680. The number of amides is 1. The van der Waals surface area contributed by atoms with Crippen LogP contribution in [0.25, 0.3) is 0 Å². The van der Waals surface area contributed by atoms with Gasteiger partial charge < -0.3 is 4.74 Å². The van der Waals surface area contributed by atoms with Crippen molar-refractivity contribution in [2.24, 2.45) is 5.10 Å². The average Bonchev–Trinajstić information content (AvgIpc) is 2.98. The number of nitrogens with zero attached hydrogens (tertiary/aromatic N) is 1. The number of hydrogen-bond acceptors (Lipinski definition) is 4. The summed E-state index contributed by atoms with van der Waals surface area (Å²) < 4.78 is 5.31. The Kier molecular flexibility index (Phi) is 5.15. The van der Waals surface area contributed by atoms with Crippen LogP contribution in [0.3, 0.4) is 0 Å². The van der Waals surface area contributed by atoms with Gasteiger partial charge in [0, 0.05) is 4.88 Å². The number of hydrazone groups is 1. The molecule has 104 valence electrons. The van der Waals surface area contributed by atoms with Crippen molar-refractivity contribution in [3.63, 3.8) is 0 Å². The molecule has 1 aromatic carbocycles. The molecule has 0 bridgehead atoms. The molecule has 0 fully saturated rings. The number of para-hydroxylation sites is 1. The van der Waals surface area contributed by atoms with Gasteiger partial charge in [-0.3, -0.25) is 4.79 Å². The molecular weight excluding hydrogens is 296 g/mol. The van der Waals surface area contributed by atoms with E-state index < -0.39 is 0 Å². The maximum absolute atomic E-state index is 11.6. The molecule has 0 saturated carbocycles. The Morgan fingerprint density at radius 2 is 2.15 bits per heavy atom. The highest BCUT2D eigenvalue weighted by atomic mass is 35.5. The van der Waals surface area contributed by atoms with E-state index in [1.807, 2.05) is 24.4 Å². The first-order valence-corrected chi connectivity index (χ1v) is 7.17. The molecule has 0 radical (unpaired) electrons. The van der Waals surface area contributed by atoms with Crippen LogP contribution in [0.5, 0.6) is 5.75 Å². The third kappa shape index (κ3) is 4.08. The summed E-state index contributed by atoms with van der Waals surface area (Å²) in [5.41, 5.74) is 3.20. The van der Waals surface area contributed by atoms with Crippen molar-refractivity contribution in [1.29, 1.82) is 0 Å². The minimum atomic E-state index is -0.333. The van der Waals surface area contributed by atoms with Crippen molar-refractivity contribution in [2.75, 3.05) is 6.61 Å². The number of rotatable bonds is 5. The fourth-order valence-corrected chi connectivity index (χ4v) is 2.29. The second-order valence-corrected chi connectivity index (χ2v) is 5.28. The molecule has 0 aliphatic heterocycles. The highest BCUT2D eigenvalue weighted by molar-refractivity contribution is 7.12. The van der Waals surface area contributed by atoms with Crippen LogP contribution in [0.15, 0.2) is 46.9 Å². The average molecular weight is 309 g/mol. The monoisotopic (exact) mass is 308 g/mol. The van der Waals surface area contributed by atoms with Crippen molar-refractivity contribution in [2.45, 2.75) is 6.92 Å². The molecular formula is C14H13ClN2O2S. The van der Waals surface area contributed by atoms with E-state index >= 15 is 0 Å². The highest BCUT2D eigenvalue weighted by Crippen LogP contribution is 2.22. The van der Waals surface area contributed by atoms with Gasteiger partial charge in [-0.05, 0) is 30.5 Å². The number of nitrogens with one attached hydrogen (secondary N) is 1. The summed E-state index contributed by atoms with van der Waals surface area (Å²) in [5, 5.41) is 6.44. The molecule has 0 atom stereocenters. The number of carbonyl (C=O) groups is 1. The van der Waals surface area contributed by atoms with Gasteiger partial charge in [0.2, 0.25) is 0 Å². The molecule has 2 aromatic rings. The molecule has 2 rings (SSSR count). The third-order valence-electron chi connectivity index (χ3n) is 2.42. The fourth-order valence-electron chi connectivity index (χ4n) is 1.42. The molecule has 0 unspecified atom stereocenters. The van der Waals surface area contributed by atoms with E-state index in [4.69, 9.17) is 16.3 Å². The van der Waals surface area contributed by atoms with E-state index in [1.54, 1.807) is 35.6 Å². The molecule has 6 heteroatoms. The summed E-state index contributed by atoms with van der Waals surface area (Å²) in [4.78, 5) is 12.6. The van der Waals surface area contributed by atoms with Crippen molar-refractivity contribution in [3.05, 3.63) is 51.7 Å². The number of benzene rings is 1. The Balaban J connectivity index is 1.84. The molecule has 1 N–H and O–H groups in total. The number of halogens is 1. The van der Waals surface area contributed by atoms with Gasteiger partial charge in [-0.2, -0.15) is 5.10 Å². The molecule has 1 aromatic heterocycles. The van der Waals surface area contributed by atoms with Crippen molar-refractivity contribution in [3.8, 4) is 5.75 Å². The Morgan fingerprint density at radius 1 is 1.35 bits per heavy atom. The maximum atomic E-state index is 11.6. The van der Waals surface area contributed by atoms with Crippen molar-refractivity contribution < 1.29 is 9.53 Å². The van der Waals surface area contributed by atoms with E-state index in [2.05, 4.69) is 10.5 Å². The van der Waals surface area contributed by atoms with Crippen LogP contribution in [-0.4, -0.2) is 18.2 Å². The van der Waals surface area contributed by atoms with Gasteiger partial charge in [0.15, 0.2) is 6.61 Å². The lowest BCUT2D eigenvalue weighted by molar-refractivity contribution is -0.123. The Hall–Kier alpha value is -1.85. The molecule has 0 spiro atoms. The van der Waals surface area contributed by atoms with Crippen molar-refractivity contribution >= 4 is 34.6 Å². The lowest BCUT2D eigenvalue weighted by atomic mass is 10.3. The second kappa shape index (κ2) is 7.07. The van der Waals surface area contributed by atoms with E-state index in [0.29, 0.717) is 10.8 Å².